The minimum atomic E-state index is -3.13. The summed E-state index contributed by atoms with van der Waals surface area (Å²) in [5.41, 5.74) is 5.30. The maximum Gasteiger partial charge on any atom is 0.320 e. The van der Waals surface area contributed by atoms with E-state index in [1.54, 1.807) is 0 Å². The van der Waals surface area contributed by atoms with Crippen LogP contribution in [0.2, 0.25) is 0 Å². The predicted molar refractivity (Wildman–Crippen MR) is 74.5 cm³/mol. The first-order valence-corrected chi connectivity index (χ1v) is 6.10. The van der Waals surface area contributed by atoms with E-state index < -0.39 is 29.3 Å². The Balaban J connectivity index is 3.52. The summed E-state index contributed by atoms with van der Waals surface area (Å²) in [7, 11) is 2.53. The molecule has 9 heteroatoms. The highest BCUT2D eigenvalue weighted by atomic mass is 16.5. The third-order valence-electron chi connectivity index (χ3n) is 2.95. The highest BCUT2D eigenvalue weighted by Gasteiger charge is 2.39. The molecule has 0 saturated heterocycles. The fourth-order valence-electron chi connectivity index (χ4n) is 1.90. The molecule has 1 rings (SSSR count). The molecule has 0 fully saturated rings. The molecule has 9 nitrogen and oxygen atoms in total. The van der Waals surface area contributed by atoms with Crippen LogP contribution in [0.4, 0.5) is 0 Å². The van der Waals surface area contributed by atoms with E-state index in [1.165, 1.54) is 20.3 Å². The van der Waals surface area contributed by atoms with Gasteiger partial charge in [-0.05, 0) is 12.1 Å². The summed E-state index contributed by atoms with van der Waals surface area (Å²) in [6.07, 6.45) is -1.18. The lowest BCUT2D eigenvalue weighted by Gasteiger charge is -2.24. The molecule has 0 amide bonds. The third-order valence-corrected chi connectivity index (χ3v) is 2.95. The number of nitrogens with two attached hydrogens (primary N) is 1. The van der Waals surface area contributed by atoms with Gasteiger partial charge in [-0.1, -0.05) is 0 Å². The van der Waals surface area contributed by atoms with Crippen molar-refractivity contribution in [1.82, 2.24) is 0 Å². The Hall–Kier alpha value is -2.20. The second kappa shape index (κ2) is 6.71. The minimum absolute atomic E-state index is 0.00323. The van der Waals surface area contributed by atoms with Crippen molar-refractivity contribution in [2.45, 2.75) is 18.4 Å². The number of hydrogen-bond donors (Lipinski definition) is 7. The molecule has 1 aromatic carbocycles. The molecule has 1 atom stereocenters. The lowest BCUT2D eigenvalue weighted by molar-refractivity contribution is -0.168. The van der Waals surface area contributed by atoms with Crippen molar-refractivity contribution in [2.24, 2.45) is 5.73 Å². The van der Waals surface area contributed by atoms with Crippen molar-refractivity contribution >= 4 is 0 Å². The SMILES string of the molecule is COc1cc(C(O)(O)C(O)=C(O)O)c(OC)cc1CC(N)O. The predicted octanol–water partition coefficient (Wildman–Crippen LogP) is -0.496. The monoisotopic (exact) mass is 317 g/mol. The van der Waals surface area contributed by atoms with Gasteiger partial charge in [0.05, 0.1) is 19.8 Å². The third kappa shape index (κ3) is 3.52. The van der Waals surface area contributed by atoms with Crippen LogP contribution >= 0.6 is 0 Å². The van der Waals surface area contributed by atoms with Gasteiger partial charge in [0.2, 0.25) is 5.76 Å². The van der Waals surface area contributed by atoms with Crippen LogP contribution in [0.5, 0.6) is 11.5 Å². The Morgan fingerprint density at radius 2 is 1.68 bits per heavy atom. The first-order chi connectivity index (χ1) is 10.1. The highest BCUT2D eigenvalue weighted by Crippen LogP contribution is 2.38. The van der Waals surface area contributed by atoms with Crippen molar-refractivity contribution in [3.8, 4) is 11.5 Å². The molecular formula is C13H19NO8. The molecule has 0 spiro atoms. The van der Waals surface area contributed by atoms with Crippen LogP contribution < -0.4 is 15.2 Å². The van der Waals surface area contributed by atoms with Crippen molar-refractivity contribution in [1.29, 1.82) is 0 Å². The molecule has 8 N–H and O–H groups in total. The number of aliphatic hydroxyl groups excluding tert-OH is 3. The fourth-order valence-corrected chi connectivity index (χ4v) is 1.90. The lowest BCUT2D eigenvalue weighted by Crippen LogP contribution is -2.30. The fraction of sp³-hybridized carbons (Fsp3) is 0.385. The number of benzene rings is 1. The molecule has 0 aliphatic rings. The second-order valence-electron chi connectivity index (χ2n) is 4.48. The normalized spacial score (nSPS) is 12.6. The van der Waals surface area contributed by atoms with Crippen LogP contribution in [0.25, 0.3) is 0 Å². The summed E-state index contributed by atoms with van der Waals surface area (Å²) in [5.74, 6) is -6.25. The number of ether oxygens (including phenoxy) is 2. The number of aliphatic hydroxyl groups is 6. The van der Waals surface area contributed by atoms with Crippen LogP contribution in [-0.4, -0.2) is 51.1 Å². The minimum Gasteiger partial charge on any atom is -0.502 e. The molecule has 0 aliphatic heterocycles. The maximum absolute atomic E-state index is 9.95. The van der Waals surface area contributed by atoms with Crippen LogP contribution in [0.1, 0.15) is 11.1 Å². The van der Waals surface area contributed by atoms with E-state index in [-0.39, 0.29) is 17.9 Å². The Morgan fingerprint density at radius 3 is 2.09 bits per heavy atom. The molecule has 0 heterocycles. The zero-order valence-corrected chi connectivity index (χ0v) is 12.0. The van der Waals surface area contributed by atoms with Gasteiger partial charge in [0, 0.05) is 12.0 Å². The van der Waals surface area contributed by atoms with Crippen molar-refractivity contribution in [3.05, 3.63) is 35.0 Å². The topological polar surface area (TPSA) is 166 Å². The Kier molecular flexibility index (Phi) is 5.44. The summed E-state index contributed by atoms with van der Waals surface area (Å²) in [5, 5.41) is 56.2. The largest absolute Gasteiger partial charge is 0.502 e. The van der Waals surface area contributed by atoms with Gasteiger partial charge < -0.3 is 45.8 Å². The first-order valence-electron chi connectivity index (χ1n) is 6.10. The number of rotatable bonds is 6. The smallest absolute Gasteiger partial charge is 0.320 e. The summed E-state index contributed by atoms with van der Waals surface area (Å²) < 4.78 is 10.0. The van der Waals surface area contributed by atoms with Gasteiger partial charge in [0.25, 0.3) is 5.79 Å². The van der Waals surface area contributed by atoms with Gasteiger partial charge in [0.1, 0.15) is 17.7 Å². The summed E-state index contributed by atoms with van der Waals surface area (Å²) >= 11 is 0. The van der Waals surface area contributed by atoms with Gasteiger partial charge in [-0.2, -0.15) is 0 Å². The molecule has 1 unspecified atom stereocenters. The van der Waals surface area contributed by atoms with Crippen molar-refractivity contribution in [3.63, 3.8) is 0 Å². The zero-order valence-electron chi connectivity index (χ0n) is 12.0. The van der Waals surface area contributed by atoms with Gasteiger partial charge in [-0.15, -0.1) is 0 Å². The van der Waals surface area contributed by atoms with Crippen LogP contribution in [0, 0.1) is 0 Å². The summed E-state index contributed by atoms with van der Waals surface area (Å²) in [4.78, 5) is 0. The van der Waals surface area contributed by atoms with Crippen molar-refractivity contribution < 1.29 is 40.1 Å². The summed E-state index contributed by atoms with van der Waals surface area (Å²) in [6.45, 7) is 0. The molecule has 0 radical (unpaired) electrons. The average molecular weight is 317 g/mol. The number of hydrogen-bond acceptors (Lipinski definition) is 9. The average Bonchev–Trinajstić information content (AvgIpc) is 2.44. The lowest BCUT2D eigenvalue weighted by atomic mass is 9.98. The second-order valence-corrected chi connectivity index (χ2v) is 4.48. The van der Waals surface area contributed by atoms with E-state index in [0.717, 1.165) is 6.07 Å². The van der Waals surface area contributed by atoms with E-state index in [9.17, 15) is 20.4 Å². The molecule has 0 saturated carbocycles. The zero-order chi connectivity index (χ0) is 17.1. The van der Waals surface area contributed by atoms with Gasteiger partial charge >= 0.3 is 5.95 Å². The molecule has 0 bridgehead atoms. The van der Waals surface area contributed by atoms with Crippen LogP contribution in [0.3, 0.4) is 0 Å². The summed E-state index contributed by atoms with van der Waals surface area (Å²) in [6, 6.07) is 2.42. The van der Waals surface area contributed by atoms with E-state index in [4.69, 9.17) is 25.4 Å². The molecule has 1 aromatic rings. The van der Waals surface area contributed by atoms with E-state index in [2.05, 4.69) is 0 Å². The highest BCUT2D eigenvalue weighted by molar-refractivity contribution is 5.50. The van der Waals surface area contributed by atoms with Crippen molar-refractivity contribution in [2.75, 3.05) is 14.2 Å². The van der Waals surface area contributed by atoms with Crippen LogP contribution in [0.15, 0.2) is 23.8 Å². The molecule has 0 aliphatic carbocycles. The Bertz CT molecular complexity index is 563. The van der Waals surface area contributed by atoms with E-state index >= 15 is 0 Å². The van der Waals surface area contributed by atoms with E-state index in [1.807, 2.05) is 0 Å². The molecule has 0 aromatic heterocycles. The molecule has 22 heavy (non-hydrogen) atoms. The quantitative estimate of drug-likeness (QED) is 0.270. The standard InChI is InChI=1S/C13H19NO8/c1-21-8-5-7(13(19,20)11(16)12(17)18)9(22-2)3-6(8)4-10(14)15/h3,5,10,15-20H,4,14H2,1-2H3. The van der Waals surface area contributed by atoms with Gasteiger partial charge in [-0.3, -0.25) is 0 Å². The molecular weight excluding hydrogens is 298 g/mol. The Morgan fingerprint density at radius 1 is 1.14 bits per heavy atom. The van der Waals surface area contributed by atoms with E-state index in [0.29, 0.717) is 5.56 Å². The van der Waals surface area contributed by atoms with Gasteiger partial charge in [0.15, 0.2) is 0 Å². The number of methoxy groups -OCH3 is 2. The first kappa shape index (κ1) is 17.9. The Labute approximate surface area is 126 Å². The molecule has 124 valence electrons. The van der Waals surface area contributed by atoms with Crippen LogP contribution in [-0.2, 0) is 12.2 Å². The maximum atomic E-state index is 9.95. The van der Waals surface area contributed by atoms with Gasteiger partial charge in [-0.25, -0.2) is 0 Å².